The van der Waals surface area contributed by atoms with Crippen LogP contribution in [0.3, 0.4) is 0 Å². The zero-order chi connectivity index (χ0) is 22.5. The Bertz CT molecular complexity index is 1480. The van der Waals surface area contributed by atoms with Crippen LogP contribution in [0.4, 0.5) is 10.3 Å². The number of rotatable bonds is 4. The number of benzene rings is 1. The number of nitrogens with two attached hydrogens (primary N) is 1. The van der Waals surface area contributed by atoms with Gasteiger partial charge < -0.3 is 16.0 Å². The third-order valence-corrected chi connectivity index (χ3v) is 6.28. The van der Waals surface area contributed by atoms with Gasteiger partial charge in [-0.2, -0.15) is 14.6 Å². The SMILES string of the molecule is C[C@H](N)c1cnn2c(N[C@@H]3CCc4[nH]c5ccccc5c4C3)nc(-c3cncc(F)c3)nc12. The van der Waals surface area contributed by atoms with Crippen molar-refractivity contribution in [2.45, 2.75) is 38.3 Å². The highest BCUT2D eigenvalue weighted by Gasteiger charge is 2.24. The van der Waals surface area contributed by atoms with E-state index in [1.807, 2.05) is 13.0 Å². The molecule has 4 aromatic heterocycles. The zero-order valence-electron chi connectivity index (χ0n) is 18.1. The molecular weight excluding hydrogens is 419 g/mol. The lowest BCUT2D eigenvalue weighted by Crippen LogP contribution is -2.29. The molecule has 9 heteroatoms. The second-order valence-electron chi connectivity index (χ2n) is 8.60. The standard InChI is InChI=1S/C24H23FN8/c1-13(26)19-12-28-33-23(19)31-22(14-8-15(25)11-27-10-14)32-24(33)29-16-6-7-21-18(9-16)17-4-2-3-5-20(17)30-21/h2-5,8,10-13,16,30H,6-7,9,26H2,1H3,(H,29,31,32)/t13-,16+/m0/s1. The topological polar surface area (TPSA) is 110 Å². The minimum atomic E-state index is -0.439. The fourth-order valence-corrected chi connectivity index (χ4v) is 4.65. The minimum Gasteiger partial charge on any atom is -0.358 e. The quantitative estimate of drug-likeness (QED) is 0.391. The number of para-hydroxylation sites is 1. The summed E-state index contributed by atoms with van der Waals surface area (Å²) in [4.78, 5) is 16.9. The normalized spacial score (nSPS) is 16.8. The van der Waals surface area contributed by atoms with Gasteiger partial charge in [-0.05, 0) is 43.9 Å². The average molecular weight is 443 g/mol. The van der Waals surface area contributed by atoms with Crippen molar-refractivity contribution in [3.63, 3.8) is 0 Å². The Hall–Kier alpha value is -3.85. The lowest BCUT2D eigenvalue weighted by Gasteiger charge is -2.24. The van der Waals surface area contributed by atoms with E-state index in [1.165, 1.54) is 28.2 Å². The molecule has 2 atom stereocenters. The highest BCUT2D eigenvalue weighted by atomic mass is 19.1. The molecular formula is C24H23FN8. The van der Waals surface area contributed by atoms with Crippen LogP contribution in [0.5, 0.6) is 0 Å². The van der Waals surface area contributed by atoms with Gasteiger partial charge in [0.1, 0.15) is 5.82 Å². The second-order valence-corrected chi connectivity index (χ2v) is 8.60. The number of halogens is 1. The Balaban J connectivity index is 1.41. The van der Waals surface area contributed by atoms with E-state index in [2.05, 4.69) is 43.6 Å². The molecule has 1 aromatic carbocycles. The van der Waals surface area contributed by atoms with Crippen LogP contribution < -0.4 is 11.1 Å². The number of hydrogen-bond acceptors (Lipinski definition) is 6. The van der Waals surface area contributed by atoms with Crippen molar-refractivity contribution in [1.29, 1.82) is 0 Å². The summed E-state index contributed by atoms with van der Waals surface area (Å²) in [6, 6.07) is 9.68. The molecule has 6 rings (SSSR count). The Morgan fingerprint density at radius 1 is 1.21 bits per heavy atom. The lowest BCUT2D eigenvalue weighted by molar-refractivity contribution is 0.599. The Morgan fingerprint density at radius 2 is 2.09 bits per heavy atom. The van der Waals surface area contributed by atoms with Gasteiger partial charge in [-0.25, -0.2) is 9.37 Å². The van der Waals surface area contributed by atoms with E-state index in [9.17, 15) is 4.39 Å². The molecule has 4 heterocycles. The average Bonchev–Trinajstić information content (AvgIpc) is 3.41. The van der Waals surface area contributed by atoms with Gasteiger partial charge in [-0.15, -0.1) is 0 Å². The molecule has 0 fully saturated rings. The number of aryl methyl sites for hydroxylation is 1. The smallest absolute Gasteiger partial charge is 0.228 e. The number of H-pyrrole nitrogens is 1. The maximum absolute atomic E-state index is 13.9. The van der Waals surface area contributed by atoms with E-state index in [-0.39, 0.29) is 12.1 Å². The Morgan fingerprint density at radius 3 is 2.94 bits per heavy atom. The first-order chi connectivity index (χ1) is 16.1. The van der Waals surface area contributed by atoms with Crippen molar-refractivity contribution in [3.8, 4) is 11.4 Å². The number of fused-ring (bicyclic) bond motifs is 4. The highest BCUT2D eigenvalue weighted by Crippen LogP contribution is 2.31. The van der Waals surface area contributed by atoms with Crippen molar-refractivity contribution < 1.29 is 4.39 Å². The van der Waals surface area contributed by atoms with Crippen molar-refractivity contribution in [1.82, 2.24) is 29.5 Å². The summed E-state index contributed by atoms with van der Waals surface area (Å²) in [6.45, 7) is 1.88. The van der Waals surface area contributed by atoms with Gasteiger partial charge in [0.2, 0.25) is 5.95 Å². The number of anilines is 1. The summed E-state index contributed by atoms with van der Waals surface area (Å²) in [7, 11) is 0. The van der Waals surface area contributed by atoms with Gasteiger partial charge in [0.05, 0.1) is 12.4 Å². The third kappa shape index (κ3) is 3.41. The minimum absolute atomic E-state index is 0.163. The summed E-state index contributed by atoms with van der Waals surface area (Å²) >= 11 is 0. The number of aromatic amines is 1. The zero-order valence-corrected chi connectivity index (χ0v) is 18.1. The van der Waals surface area contributed by atoms with Gasteiger partial charge in [0.15, 0.2) is 11.5 Å². The number of nitrogens with one attached hydrogen (secondary N) is 2. The molecule has 0 unspecified atom stereocenters. The van der Waals surface area contributed by atoms with Crippen molar-refractivity contribution in [3.05, 3.63) is 71.6 Å². The van der Waals surface area contributed by atoms with Crippen LogP contribution in [0.15, 0.2) is 48.9 Å². The molecule has 33 heavy (non-hydrogen) atoms. The van der Waals surface area contributed by atoms with E-state index in [0.717, 1.165) is 31.0 Å². The largest absolute Gasteiger partial charge is 0.358 e. The molecule has 0 saturated heterocycles. The molecule has 0 aliphatic heterocycles. The van der Waals surface area contributed by atoms with Crippen molar-refractivity contribution in [2.75, 3.05) is 5.32 Å². The molecule has 0 amide bonds. The van der Waals surface area contributed by atoms with E-state index in [0.29, 0.717) is 23.0 Å². The van der Waals surface area contributed by atoms with Gasteiger partial charge >= 0.3 is 0 Å². The molecule has 0 radical (unpaired) electrons. The maximum atomic E-state index is 13.9. The maximum Gasteiger partial charge on any atom is 0.228 e. The van der Waals surface area contributed by atoms with E-state index in [1.54, 1.807) is 16.9 Å². The summed E-state index contributed by atoms with van der Waals surface area (Å²) in [6.07, 6.45) is 7.19. The van der Waals surface area contributed by atoms with Crippen LogP contribution in [0.2, 0.25) is 0 Å². The van der Waals surface area contributed by atoms with E-state index >= 15 is 0 Å². The monoisotopic (exact) mass is 442 g/mol. The first kappa shape index (κ1) is 19.8. The van der Waals surface area contributed by atoms with Crippen LogP contribution in [0.25, 0.3) is 27.9 Å². The van der Waals surface area contributed by atoms with Gasteiger partial charge in [-0.1, -0.05) is 18.2 Å². The van der Waals surface area contributed by atoms with E-state index in [4.69, 9.17) is 10.7 Å². The second kappa shape index (κ2) is 7.63. The summed E-state index contributed by atoms with van der Waals surface area (Å²) < 4.78 is 15.5. The Kier molecular flexibility index (Phi) is 4.58. The number of pyridine rings is 1. The first-order valence-electron chi connectivity index (χ1n) is 11.0. The number of hydrogen-bond donors (Lipinski definition) is 3. The predicted molar refractivity (Wildman–Crippen MR) is 124 cm³/mol. The molecule has 0 bridgehead atoms. The number of aromatic nitrogens is 6. The summed E-state index contributed by atoms with van der Waals surface area (Å²) in [5.74, 6) is 0.494. The van der Waals surface area contributed by atoms with Crippen molar-refractivity contribution >= 4 is 22.5 Å². The Labute approximate surface area is 189 Å². The van der Waals surface area contributed by atoms with Crippen LogP contribution in [-0.2, 0) is 12.8 Å². The van der Waals surface area contributed by atoms with Crippen LogP contribution >= 0.6 is 0 Å². The van der Waals surface area contributed by atoms with Crippen LogP contribution in [-0.4, -0.2) is 35.6 Å². The van der Waals surface area contributed by atoms with Crippen molar-refractivity contribution in [2.24, 2.45) is 5.73 Å². The lowest BCUT2D eigenvalue weighted by atomic mass is 9.91. The molecule has 4 N–H and O–H groups in total. The van der Waals surface area contributed by atoms with Gasteiger partial charge in [0, 0.05) is 46.0 Å². The number of nitrogens with zero attached hydrogens (tertiary/aromatic N) is 5. The molecule has 5 aromatic rings. The van der Waals surface area contributed by atoms with E-state index < -0.39 is 5.82 Å². The predicted octanol–water partition coefficient (Wildman–Crippen LogP) is 3.80. The van der Waals surface area contributed by atoms with Gasteiger partial charge in [0.25, 0.3) is 0 Å². The first-order valence-corrected chi connectivity index (χ1v) is 11.0. The fraction of sp³-hybridized carbons (Fsp3) is 0.250. The summed E-state index contributed by atoms with van der Waals surface area (Å²) in [5, 5.41) is 9.33. The summed E-state index contributed by atoms with van der Waals surface area (Å²) in [5.41, 5.74) is 11.9. The van der Waals surface area contributed by atoms with Gasteiger partial charge in [-0.3, -0.25) is 4.98 Å². The molecule has 1 aliphatic rings. The fourth-order valence-electron chi connectivity index (χ4n) is 4.65. The highest BCUT2D eigenvalue weighted by molar-refractivity contribution is 5.85. The molecule has 166 valence electrons. The molecule has 1 aliphatic carbocycles. The molecule has 0 spiro atoms. The van der Waals surface area contributed by atoms with Crippen LogP contribution in [0, 0.1) is 5.82 Å². The molecule has 0 saturated carbocycles. The third-order valence-electron chi connectivity index (χ3n) is 6.28. The molecule has 8 nitrogen and oxygen atoms in total. The van der Waals surface area contributed by atoms with Crippen LogP contribution in [0.1, 0.15) is 36.2 Å².